The van der Waals surface area contributed by atoms with Crippen molar-refractivity contribution in [1.29, 1.82) is 0 Å². The van der Waals surface area contributed by atoms with Crippen LogP contribution in [0.25, 0.3) is 33.4 Å². The van der Waals surface area contributed by atoms with E-state index in [1.807, 2.05) is 97.1 Å². The third-order valence-electron chi connectivity index (χ3n) is 7.64. The van der Waals surface area contributed by atoms with Crippen molar-refractivity contribution in [2.45, 2.75) is 0 Å². The minimum atomic E-state index is -3.35. The van der Waals surface area contributed by atoms with Gasteiger partial charge in [0.1, 0.15) is 28.3 Å². The van der Waals surface area contributed by atoms with E-state index >= 15 is 4.57 Å². The quantitative estimate of drug-likeness (QED) is 0.216. The van der Waals surface area contributed by atoms with E-state index in [-0.39, 0.29) is 0 Å². The molecule has 2 aliphatic rings. The molecule has 0 amide bonds. The lowest BCUT2D eigenvalue weighted by molar-refractivity contribution is 0.463. The predicted octanol–water partition coefficient (Wildman–Crippen LogP) is 7.93. The topological polar surface area (TPSA) is 48.4 Å². The summed E-state index contributed by atoms with van der Waals surface area (Å²) in [6, 6.07) is 40.1. The zero-order valence-electron chi connectivity index (χ0n) is 21.3. The number of rotatable bonds is 3. The molecule has 0 spiro atoms. The predicted molar refractivity (Wildman–Crippen MR) is 160 cm³/mol. The molecule has 190 valence electrons. The lowest BCUT2D eigenvalue weighted by Crippen LogP contribution is -2.35. The van der Waals surface area contributed by atoms with Crippen LogP contribution in [0.15, 0.2) is 134 Å². The zero-order valence-corrected chi connectivity index (χ0v) is 22.2. The number of aromatic nitrogens is 1. The molecule has 0 fully saturated rings. The van der Waals surface area contributed by atoms with E-state index in [1.54, 1.807) is 12.4 Å². The van der Waals surface area contributed by atoms with E-state index in [9.17, 15) is 0 Å². The molecule has 5 heteroatoms. The standard InChI is InChI=1S/C35H22NO3P/c37-40-32-15-11-26(23-7-3-1-4-8-23)21-30(32)38-29-14-13-28(25-17-19-36-20-18-25)34(35(29)40)39-31-22-27(12-16-33(31)40)24-9-5-2-6-10-24/h1-22H. The molecule has 0 saturated carbocycles. The molecule has 0 aliphatic carbocycles. The summed E-state index contributed by atoms with van der Waals surface area (Å²) in [4.78, 5) is 4.18. The maximum atomic E-state index is 15.6. The number of nitrogens with zero attached hydrogens (tertiary/aromatic N) is 1. The maximum absolute atomic E-state index is 15.6. The summed E-state index contributed by atoms with van der Waals surface area (Å²) < 4.78 is 28.8. The van der Waals surface area contributed by atoms with Crippen LogP contribution >= 0.6 is 7.14 Å². The van der Waals surface area contributed by atoms with Crippen LogP contribution in [0.2, 0.25) is 0 Å². The summed E-state index contributed by atoms with van der Waals surface area (Å²) in [6.45, 7) is 0. The van der Waals surface area contributed by atoms with Gasteiger partial charge in [0.25, 0.3) is 0 Å². The highest BCUT2D eigenvalue weighted by Crippen LogP contribution is 2.60. The molecular weight excluding hydrogens is 513 g/mol. The Labute approximate surface area is 231 Å². The molecule has 0 saturated heterocycles. The zero-order chi connectivity index (χ0) is 26.7. The lowest BCUT2D eigenvalue weighted by Gasteiger charge is -2.35. The third-order valence-corrected chi connectivity index (χ3v) is 10.8. The summed E-state index contributed by atoms with van der Waals surface area (Å²) in [5, 5.41) is 1.98. The van der Waals surface area contributed by atoms with Crippen LogP contribution < -0.4 is 25.4 Å². The first kappa shape index (κ1) is 23.0. The molecule has 0 radical (unpaired) electrons. The first-order chi connectivity index (χ1) is 19.7. The molecule has 1 aromatic heterocycles. The highest BCUT2D eigenvalue weighted by molar-refractivity contribution is 7.86. The minimum absolute atomic E-state index is 0.562. The van der Waals surface area contributed by atoms with Gasteiger partial charge < -0.3 is 14.0 Å². The Kier molecular flexibility index (Phi) is 5.07. The average Bonchev–Trinajstić information content (AvgIpc) is 3.02. The summed E-state index contributed by atoms with van der Waals surface area (Å²) in [5.41, 5.74) is 5.95. The SMILES string of the molecule is O=P12c3ccc(-c4ccccc4)cc3Oc3ccc(-c4ccncc4)c(c31)Oc1cc(-c3ccccc3)ccc12. The van der Waals surface area contributed by atoms with Crippen LogP contribution in [0.1, 0.15) is 0 Å². The Hall–Kier alpha value is -4.92. The largest absolute Gasteiger partial charge is 0.456 e. The Morgan fingerprint density at radius 2 is 1.07 bits per heavy atom. The van der Waals surface area contributed by atoms with Crippen molar-refractivity contribution in [3.63, 3.8) is 0 Å². The van der Waals surface area contributed by atoms with Crippen LogP contribution in [0.3, 0.4) is 0 Å². The molecule has 5 aromatic carbocycles. The van der Waals surface area contributed by atoms with E-state index in [0.717, 1.165) is 33.4 Å². The van der Waals surface area contributed by atoms with Crippen molar-refractivity contribution >= 4 is 23.1 Å². The first-order valence-electron chi connectivity index (χ1n) is 13.1. The minimum Gasteiger partial charge on any atom is -0.456 e. The molecule has 0 bridgehead atoms. The molecule has 6 aromatic rings. The Morgan fingerprint density at radius 1 is 0.500 bits per heavy atom. The number of pyridine rings is 1. The van der Waals surface area contributed by atoms with Crippen LogP contribution in [0, 0.1) is 0 Å². The Balaban J connectivity index is 1.39. The maximum Gasteiger partial charge on any atom is 0.185 e. The number of hydrogen-bond acceptors (Lipinski definition) is 4. The molecule has 2 aliphatic heterocycles. The number of ether oxygens (including phenoxy) is 2. The van der Waals surface area contributed by atoms with Gasteiger partial charge in [-0.3, -0.25) is 4.98 Å². The molecule has 1 atom stereocenters. The fourth-order valence-electron chi connectivity index (χ4n) is 5.73. The van der Waals surface area contributed by atoms with Gasteiger partial charge in [-0.2, -0.15) is 0 Å². The van der Waals surface area contributed by atoms with Crippen LogP contribution in [0.4, 0.5) is 0 Å². The molecule has 0 N–H and O–H groups in total. The van der Waals surface area contributed by atoms with Gasteiger partial charge >= 0.3 is 0 Å². The van der Waals surface area contributed by atoms with Gasteiger partial charge in [-0.15, -0.1) is 0 Å². The van der Waals surface area contributed by atoms with Gasteiger partial charge in [-0.1, -0.05) is 72.8 Å². The Morgan fingerprint density at radius 3 is 1.68 bits per heavy atom. The fourth-order valence-corrected chi connectivity index (χ4v) is 8.76. The summed E-state index contributed by atoms with van der Waals surface area (Å²) in [7, 11) is -3.35. The smallest absolute Gasteiger partial charge is 0.185 e. The van der Waals surface area contributed by atoms with Crippen molar-refractivity contribution < 1.29 is 14.0 Å². The van der Waals surface area contributed by atoms with Crippen LogP contribution in [-0.2, 0) is 4.57 Å². The molecular formula is C35H22NO3P. The van der Waals surface area contributed by atoms with Crippen molar-refractivity contribution in [3.05, 3.63) is 134 Å². The van der Waals surface area contributed by atoms with E-state index in [1.165, 1.54) is 0 Å². The van der Waals surface area contributed by atoms with Crippen LogP contribution in [-0.4, -0.2) is 4.98 Å². The molecule has 8 rings (SSSR count). The molecule has 40 heavy (non-hydrogen) atoms. The van der Waals surface area contributed by atoms with Gasteiger partial charge in [-0.05, 0) is 76.3 Å². The second-order valence-electron chi connectivity index (χ2n) is 9.94. The number of benzene rings is 5. The van der Waals surface area contributed by atoms with E-state index < -0.39 is 7.14 Å². The van der Waals surface area contributed by atoms with Crippen molar-refractivity contribution in [3.8, 4) is 56.4 Å². The van der Waals surface area contributed by atoms with Crippen LogP contribution in [0.5, 0.6) is 23.0 Å². The second-order valence-corrected chi connectivity index (χ2v) is 12.6. The number of fused-ring (bicyclic) bond motifs is 4. The van der Waals surface area contributed by atoms with Crippen molar-refractivity contribution in [2.24, 2.45) is 0 Å². The normalized spacial score (nSPS) is 16.1. The second kappa shape index (κ2) is 8.81. The summed E-state index contributed by atoms with van der Waals surface area (Å²) >= 11 is 0. The summed E-state index contributed by atoms with van der Waals surface area (Å²) in [6.07, 6.45) is 3.50. The van der Waals surface area contributed by atoms with Gasteiger partial charge in [-0.25, -0.2) is 0 Å². The molecule has 3 heterocycles. The summed E-state index contributed by atoms with van der Waals surface area (Å²) in [5.74, 6) is 2.35. The molecule has 4 nitrogen and oxygen atoms in total. The lowest BCUT2D eigenvalue weighted by atomic mass is 10.0. The van der Waals surface area contributed by atoms with Crippen molar-refractivity contribution in [2.75, 3.05) is 0 Å². The molecule has 1 unspecified atom stereocenters. The Bertz CT molecular complexity index is 1960. The fraction of sp³-hybridized carbons (Fsp3) is 0. The highest BCUT2D eigenvalue weighted by Gasteiger charge is 2.47. The highest BCUT2D eigenvalue weighted by atomic mass is 31.2. The number of hydrogen-bond donors (Lipinski definition) is 0. The van der Waals surface area contributed by atoms with Gasteiger partial charge in [0.05, 0.1) is 10.6 Å². The van der Waals surface area contributed by atoms with Gasteiger partial charge in [0, 0.05) is 18.0 Å². The van der Waals surface area contributed by atoms with E-state index in [4.69, 9.17) is 9.47 Å². The van der Waals surface area contributed by atoms with Gasteiger partial charge in [0.2, 0.25) is 0 Å². The van der Waals surface area contributed by atoms with E-state index in [0.29, 0.717) is 38.9 Å². The first-order valence-corrected chi connectivity index (χ1v) is 14.8. The third kappa shape index (κ3) is 3.40. The average molecular weight is 536 g/mol. The van der Waals surface area contributed by atoms with E-state index in [2.05, 4.69) is 29.2 Å². The van der Waals surface area contributed by atoms with Gasteiger partial charge in [0.15, 0.2) is 7.14 Å². The van der Waals surface area contributed by atoms with Crippen molar-refractivity contribution in [1.82, 2.24) is 4.98 Å². The monoisotopic (exact) mass is 535 g/mol.